The molecular weight excluding hydrogens is 374 g/mol. The first-order valence-electron chi connectivity index (χ1n) is 9.58. The number of rotatable bonds is 11. The van der Waals surface area contributed by atoms with Crippen LogP contribution in [-0.4, -0.2) is 64.1 Å². The van der Waals surface area contributed by atoms with Crippen molar-refractivity contribution in [2.45, 2.75) is 32.9 Å². The molecule has 8 nitrogen and oxygen atoms in total. The smallest absolute Gasteiger partial charge is 0.240 e. The number of hydrogen-bond acceptors (Lipinski definition) is 7. The van der Waals surface area contributed by atoms with E-state index in [2.05, 4.69) is 56.6 Å². The van der Waals surface area contributed by atoms with E-state index in [4.69, 9.17) is 0 Å². The van der Waals surface area contributed by atoms with Crippen molar-refractivity contribution in [3.05, 3.63) is 29.8 Å². The van der Waals surface area contributed by atoms with Crippen LogP contribution in [0.15, 0.2) is 34.5 Å². The number of nitrogens with one attached hydrogen (secondary N) is 2. The Morgan fingerprint density at radius 3 is 2.43 bits per heavy atom. The van der Waals surface area contributed by atoms with Gasteiger partial charge < -0.3 is 9.80 Å². The van der Waals surface area contributed by atoms with Crippen LogP contribution in [0.25, 0.3) is 0 Å². The van der Waals surface area contributed by atoms with Gasteiger partial charge in [-0.1, -0.05) is 23.9 Å². The van der Waals surface area contributed by atoms with Gasteiger partial charge in [-0.15, -0.1) is 5.10 Å². The number of nitrogens with zero attached hydrogens (tertiary/aromatic N) is 5. The van der Waals surface area contributed by atoms with E-state index >= 15 is 0 Å². The molecule has 0 saturated carbocycles. The van der Waals surface area contributed by atoms with E-state index in [1.54, 1.807) is 11.1 Å². The van der Waals surface area contributed by atoms with Gasteiger partial charge in [-0.05, 0) is 45.4 Å². The first-order chi connectivity index (χ1) is 13.6. The van der Waals surface area contributed by atoms with Crippen LogP contribution in [0.3, 0.4) is 0 Å². The maximum absolute atomic E-state index is 12.0. The lowest BCUT2D eigenvalue weighted by atomic mass is 10.2. The van der Waals surface area contributed by atoms with Crippen molar-refractivity contribution >= 4 is 35.5 Å². The Morgan fingerprint density at radius 2 is 1.82 bits per heavy atom. The minimum Gasteiger partial charge on any atom is -0.372 e. The highest BCUT2D eigenvalue weighted by Gasteiger charge is 2.12. The Morgan fingerprint density at radius 1 is 1.14 bits per heavy atom. The second-order valence-corrected chi connectivity index (χ2v) is 6.90. The van der Waals surface area contributed by atoms with Crippen LogP contribution < -0.4 is 10.3 Å². The molecule has 9 heteroatoms. The Balaban J connectivity index is 1.84. The fourth-order valence-corrected chi connectivity index (χ4v) is 3.38. The highest BCUT2D eigenvalue weighted by Crippen LogP contribution is 2.15. The van der Waals surface area contributed by atoms with Gasteiger partial charge in [0.05, 0.1) is 12.0 Å². The average Bonchev–Trinajstić information content (AvgIpc) is 3.17. The summed E-state index contributed by atoms with van der Waals surface area (Å²) in [5.41, 5.74) is 5.02. The van der Waals surface area contributed by atoms with Crippen LogP contribution in [-0.2, 0) is 4.79 Å². The van der Waals surface area contributed by atoms with Gasteiger partial charge >= 0.3 is 0 Å². The van der Waals surface area contributed by atoms with E-state index in [0.29, 0.717) is 29.9 Å². The van der Waals surface area contributed by atoms with E-state index in [0.717, 1.165) is 18.7 Å². The van der Waals surface area contributed by atoms with Gasteiger partial charge in [0.1, 0.15) is 0 Å². The summed E-state index contributed by atoms with van der Waals surface area (Å²) in [6.07, 6.45) is 1.73. The number of thioether (sulfide) groups is 1. The molecule has 0 saturated heterocycles. The summed E-state index contributed by atoms with van der Waals surface area (Å²) in [4.78, 5) is 20.4. The van der Waals surface area contributed by atoms with Crippen LogP contribution in [0.1, 0.15) is 33.3 Å². The van der Waals surface area contributed by atoms with Crippen LogP contribution >= 0.6 is 11.8 Å². The standard InChI is InChI=1S/C19H29N7OS/c1-5-25(6-2)16-11-9-15(10-12-16)13-20-22-18-21-19(24-23-18)28-14-17(27)26(7-3)8-4/h9-13H,5-8,14H2,1-4H3,(H2,21,22,23,24)/b20-13-. The molecule has 2 rings (SSSR count). The third-order valence-electron chi connectivity index (χ3n) is 4.31. The Hall–Kier alpha value is -2.55. The fourth-order valence-electron chi connectivity index (χ4n) is 2.68. The Kier molecular flexibility index (Phi) is 8.80. The molecule has 0 atom stereocenters. The summed E-state index contributed by atoms with van der Waals surface area (Å²) in [5.74, 6) is 0.843. The minimum atomic E-state index is 0.0838. The highest BCUT2D eigenvalue weighted by molar-refractivity contribution is 7.99. The monoisotopic (exact) mass is 403 g/mol. The van der Waals surface area contributed by atoms with E-state index in [9.17, 15) is 4.79 Å². The molecule has 2 aromatic rings. The maximum Gasteiger partial charge on any atom is 0.240 e. The second kappa shape index (κ2) is 11.3. The van der Waals surface area contributed by atoms with E-state index in [1.807, 2.05) is 26.0 Å². The van der Waals surface area contributed by atoms with Crippen molar-refractivity contribution in [3.8, 4) is 0 Å². The largest absolute Gasteiger partial charge is 0.372 e. The molecule has 28 heavy (non-hydrogen) atoms. The van der Waals surface area contributed by atoms with Crippen LogP contribution in [0.4, 0.5) is 11.6 Å². The summed E-state index contributed by atoms with van der Waals surface area (Å²) >= 11 is 1.31. The lowest BCUT2D eigenvalue weighted by Crippen LogP contribution is -2.31. The topological polar surface area (TPSA) is 89.5 Å². The van der Waals surface area contributed by atoms with Crippen LogP contribution in [0, 0.1) is 0 Å². The highest BCUT2D eigenvalue weighted by atomic mass is 32.2. The van der Waals surface area contributed by atoms with Crippen molar-refractivity contribution in [2.75, 3.05) is 42.3 Å². The SMILES string of the molecule is CCN(CC)C(=O)CSc1n[nH]c(N/N=C\c2ccc(N(CC)CC)cc2)n1. The van der Waals surface area contributed by atoms with Crippen LogP contribution in [0.2, 0.25) is 0 Å². The zero-order valence-corrected chi connectivity index (χ0v) is 17.8. The number of carbonyl (C=O) groups excluding carboxylic acids is 1. The van der Waals surface area contributed by atoms with E-state index in [-0.39, 0.29) is 5.91 Å². The number of amides is 1. The van der Waals surface area contributed by atoms with Gasteiger partial charge in [-0.3, -0.25) is 4.79 Å². The maximum atomic E-state index is 12.0. The van der Waals surface area contributed by atoms with Gasteiger partial charge in [0.2, 0.25) is 17.0 Å². The summed E-state index contributed by atoms with van der Waals surface area (Å²) < 4.78 is 0. The number of aromatic nitrogens is 3. The molecule has 0 aliphatic rings. The zero-order valence-electron chi connectivity index (χ0n) is 17.0. The molecule has 152 valence electrons. The quantitative estimate of drug-likeness (QED) is 0.340. The fraction of sp³-hybridized carbons (Fsp3) is 0.474. The number of anilines is 2. The molecule has 1 amide bonds. The minimum absolute atomic E-state index is 0.0838. The van der Waals surface area contributed by atoms with Gasteiger partial charge in [0.15, 0.2) is 0 Å². The molecular formula is C19H29N7OS. The van der Waals surface area contributed by atoms with Crippen molar-refractivity contribution < 1.29 is 4.79 Å². The number of hydrazone groups is 1. The predicted molar refractivity (Wildman–Crippen MR) is 116 cm³/mol. The normalized spacial score (nSPS) is 11.0. The Bertz CT molecular complexity index is 752. The zero-order chi connectivity index (χ0) is 20.4. The number of benzene rings is 1. The summed E-state index contributed by atoms with van der Waals surface area (Å²) in [6.45, 7) is 11.6. The lowest BCUT2D eigenvalue weighted by molar-refractivity contribution is -0.127. The summed E-state index contributed by atoms with van der Waals surface area (Å²) in [7, 11) is 0. The predicted octanol–water partition coefficient (Wildman–Crippen LogP) is 3.06. The van der Waals surface area contributed by atoms with E-state index in [1.165, 1.54) is 17.4 Å². The summed E-state index contributed by atoms with van der Waals surface area (Å²) in [5, 5.41) is 11.6. The first kappa shape index (κ1) is 21.7. The number of carbonyl (C=O) groups is 1. The molecule has 1 aromatic heterocycles. The average molecular weight is 404 g/mol. The molecule has 0 unspecified atom stereocenters. The molecule has 1 aromatic carbocycles. The van der Waals surface area contributed by atoms with Crippen molar-refractivity contribution in [1.82, 2.24) is 20.1 Å². The number of hydrogen-bond donors (Lipinski definition) is 2. The van der Waals surface area contributed by atoms with Gasteiger partial charge in [-0.25, -0.2) is 10.5 Å². The number of aromatic amines is 1. The van der Waals surface area contributed by atoms with Crippen LogP contribution in [0.5, 0.6) is 0 Å². The molecule has 2 N–H and O–H groups in total. The van der Waals surface area contributed by atoms with Crippen molar-refractivity contribution in [1.29, 1.82) is 0 Å². The molecule has 0 fully saturated rings. The van der Waals surface area contributed by atoms with Crippen molar-refractivity contribution in [3.63, 3.8) is 0 Å². The molecule has 1 heterocycles. The lowest BCUT2D eigenvalue weighted by Gasteiger charge is -2.20. The third kappa shape index (κ3) is 6.26. The third-order valence-corrected chi connectivity index (χ3v) is 5.14. The van der Waals surface area contributed by atoms with Crippen molar-refractivity contribution in [2.24, 2.45) is 5.10 Å². The summed E-state index contributed by atoms with van der Waals surface area (Å²) in [6, 6.07) is 8.23. The van der Waals surface area contributed by atoms with E-state index < -0.39 is 0 Å². The van der Waals surface area contributed by atoms with Gasteiger partial charge in [-0.2, -0.15) is 10.1 Å². The first-order valence-corrected chi connectivity index (χ1v) is 10.6. The molecule has 0 spiro atoms. The molecule has 0 aliphatic heterocycles. The molecule has 0 aliphatic carbocycles. The van der Waals surface area contributed by atoms with Gasteiger partial charge in [0.25, 0.3) is 0 Å². The second-order valence-electron chi connectivity index (χ2n) is 5.96. The van der Waals surface area contributed by atoms with Gasteiger partial charge in [0, 0.05) is 31.9 Å². The molecule has 0 bridgehead atoms. The Labute approximate surface area is 170 Å². The molecule has 0 radical (unpaired) electrons. The number of H-pyrrole nitrogens is 1.